The molecule has 2 aromatic rings. The van der Waals surface area contributed by atoms with Gasteiger partial charge in [-0.3, -0.25) is 0 Å². The predicted octanol–water partition coefficient (Wildman–Crippen LogP) is 3.87. The standard InChI is InChI=1S/C16H21NO2S/c1-3-17-16(12-20-11-15-8-5-9-19-15)13-6-4-7-14(10-13)18-2/h4-10,16-17H,3,11-12H2,1-2H3. The Bertz CT molecular complexity index is 499. The molecule has 0 aliphatic carbocycles. The Morgan fingerprint density at radius 1 is 1.30 bits per heavy atom. The fourth-order valence-corrected chi connectivity index (χ4v) is 3.08. The van der Waals surface area contributed by atoms with Crippen molar-refractivity contribution in [3.63, 3.8) is 0 Å². The highest BCUT2D eigenvalue weighted by Gasteiger charge is 2.11. The first-order valence-electron chi connectivity index (χ1n) is 6.81. The molecule has 0 fully saturated rings. The van der Waals surface area contributed by atoms with Gasteiger partial charge >= 0.3 is 0 Å². The number of hydrogen-bond acceptors (Lipinski definition) is 4. The number of nitrogens with one attached hydrogen (secondary N) is 1. The minimum atomic E-state index is 0.329. The third kappa shape index (κ3) is 4.32. The van der Waals surface area contributed by atoms with Crippen molar-refractivity contribution in [2.75, 3.05) is 19.4 Å². The molecule has 0 spiro atoms. The number of rotatable bonds is 8. The van der Waals surface area contributed by atoms with Gasteiger partial charge in [0.25, 0.3) is 0 Å². The van der Waals surface area contributed by atoms with Gasteiger partial charge in [-0.05, 0) is 36.4 Å². The Morgan fingerprint density at radius 3 is 2.90 bits per heavy atom. The summed E-state index contributed by atoms with van der Waals surface area (Å²) in [6.45, 7) is 3.08. The molecule has 1 aromatic heterocycles. The molecule has 3 nitrogen and oxygen atoms in total. The van der Waals surface area contributed by atoms with Crippen LogP contribution in [0.15, 0.2) is 47.1 Å². The van der Waals surface area contributed by atoms with E-state index in [1.165, 1.54) is 5.56 Å². The Labute approximate surface area is 124 Å². The van der Waals surface area contributed by atoms with Gasteiger partial charge in [0.1, 0.15) is 11.5 Å². The van der Waals surface area contributed by atoms with Gasteiger partial charge in [-0.2, -0.15) is 11.8 Å². The minimum absolute atomic E-state index is 0.329. The second-order valence-corrected chi connectivity index (χ2v) is 5.51. The van der Waals surface area contributed by atoms with Crippen molar-refractivity contribution in [3.05, 3.63) is 54.0 Å². The van der Waals surface area contributed by atoms with Crippen LogP contribution in [0.1, 0.15) is 24.3 Å². The monoisotopic (exact) mass is 291 g/mol. The largest absolute Gasteiger partial charge is 0.497 e. The summed E-state index contributed by atoms with van der Waals surface area (Å²) >= 11 is 1.87. The van der Waals surface area contributed by atoms with Gasteiger partial charge in [-0.15, -0.1) is 0 Å². The lowest BCUT2D eigenvalue weighted by molar-refractivity contribution is 0.413. The van der Waals surface area contributed by atoms with Crippen molar-refractivity contribution >= 4 is 11.8 Å². The van der Waals surface area contributed by atoms with Crippen LogP contribution in [0.4, 0.5) is 0 Å². The topological polar surface area (TPSA) is 34.4 Å². The molecule has 0 saturated carbocycles. The van der Waals surface area contributed by atoms with Crippen LogP contribution in [-0.2, 0) is 5.75 Å². The number of thioether (sulfide) groups is 1. The van der Waals surface area contributed by atoms with Crippen molar-refractivity contribution in [1.29, 1.82) is 0 Å². The van der Waals surface area contributed by atoms with Gasteiger partial charge in [0, 0.05) is 11.8 Å². The quantitative estimate of drug-likeness (QED) is 0.800. The van der Waals surface area contributed by atoms with E-state index in [1.807, 2.05) is 36.0 Å². The van der Waals surface area contributed by atoms with E-state index < -0.39 is 0 Å². The van der Waals surface area contributed by atoms with Gasteiger partial charge in [-0.1, -0.05) is 19.1 Å². The zero-order valence-electron chi connectivity index (χ0n) is 12.0. The van der Waals surface area contributed by atoms with Gasteiger partial charge < -0.3 is 14.5 Å². The van der Waals surface area contributed by atoms with E-state index in [-0.39, 0.29) is 0 Å². The molecule has 0 aliphatic heterocycles. The second kappa shape index (κ2) is 8.02. The summed E-state index contributed by atoms with van der Waals surface area (Å²) in [7, 11) is 1.70. The average molecular weight is 291 g/mol. The zero-order chi connectivity index (χ0) is 14.2. The molecule has 4 heteroatoms. The Kier molecular flexibility index (Phi) is 6.02. The van der Waals surface area contributed by atoms with Crippen LogP contribution < -0.4 is 10.1 Å². The van der Waals surface area contributed by atoms with Crippen LogP contribution in [0, 0.1) is 0 Å². The SMILES string of the molecule is CCNC(CSCc1ccco1)c1cccc(OC)c1. The first kappa shape index (κ1) is 15.0. The van der Waals surface area contributed by atoms with Gasteiger partial charge in [-0.25, -0.2) is 0 Å². The number of ether oxygens (including phenoxy) is 1. The third-order valence-corrected chi connectivity index (χ3v) is 4.11. The summed E-state index contributed by atoms with van der Waals surface area (Å²) < 4.78 is 10.7. The van der Waals surface area contributed by atoms with Crippen molar-refractivity contribution in [3.8, 4) is 5.75 Å². The van der Waals surface area contributed by atoms with Crippen LogP contribution in [0.2, 0.25) is 0 Å². The molecule has 0 amide bonds. The normalized spacial score (nSPS) is 12.3. The van der Waals surface area contributed by atoms with Crippen LogP contribution in [0.3, 0.4) is 0 Å². The molecule has 0 bridgehead atoms. The smallest absolute Gasteiger partial charge is 0.119 e. The summed E-state index contributed by atoms with van der Waals surface area (Å²) in [5, 5.41) is 3.52. The highest BCUT2D eigenvalue weighted by Crippen LogP contribution is 2.24. The van der Waals surface area contributed by atoms with Gasteiger partial charge in [0.05, 0.1) is 19.1 Å². The first-order valence-corrected chi connectivity index (χ1v) is 7.96. The fraction of sp³-hybridized carbons (Fsp3) is 0.375. The van der Waals surface area contributed by atoms with Gasteiger partial charge in [0.2, 0.25) is 0 Å². The Morgan fingerprint density at radius 2 is 2.20 bits per heavy atom. The lowest BCUT2D eigenvalue weighted by Gasteiger charge is -2.18. The molecule has 0 aliphatic rings. The maximum atomic E-state index is 5.36. The molecule has 0 radical (unpaired) electrons. The summed E-state index contributed by atoms with van der Waals surface area (Å²) in [5.41, 5.74) is 1.26. The minimum Gasteiger partial charge on any atom is -0.497 e. The molecule has 108 valence electrons. The highest BCUT2D eigenvalue weighted by atomic mass is 32.2. The number of benzene rings is 1. The molecule has 1 aromatic carbocycles. The molecular formula is C16H21NO2S. The van der Waals surface area contributed by atoms with E-state index in [9.17, 15) is 0 Å². The summed E-state index contributed by atoms with van der Waals surface area (Å²) in [4.78, 5) is 0. The van der Waals surface area contributed by atoms with E-state index >= 15 is 0 Å². The Balaban J connectivity index is 1.94. The van der Waals surface area contributed by atoms with Crippen molar-refractivity contribution < 1.29 is 9.15 Å². The lowest BCUT2D eigenvalue weighted by Crippen LogP contribution is -2.23. The van der Waals surface area contributed by atoms with Crippen LogP contribution >= 0.6 is 11.8 Å². The van der Waals surface area contributed by atoms with Gasteiger partial charge in [0.15, 0.2) is 0 Å². The molecule has 1 N–H and O–H groups in total. The number of methoxy groups -OCH3 is 1. The van der Waals surface area contributed by atoms with Crippen molar-refractivity contribution in [1.82, 2.24) is 5.32 Å². The molecule has 2 rings (SSSR count). The van der Waals surface area contributed by atoms with Crippen molar-refractivity contribution in [2.24, 2.45) is 0 Å². The maximum Gasteiger partial charge on any atom is 0.119 e. The zero-order valence-corrected chi connectivity index (χ0v) is 12.8. The van der Waals surface area contributed by atoms with E-state index in [0.29, 0.717) is 6.04 Å². The summed E-state index contributed by atoms with van der Waals surface area (Å²) in [6.07, 6.45) is 1.72. The molecule has 0 saturated heterocycles. The number of hydrogen-bond donors (Lipinski definition) is 1. The van der Waals surface area contributed by atoms with E-state index in [0.717, 1.165) is 29.6 Å². The number of furan rings is 1. The Hall–Kier alpha value is -1.39. The van der Waals surface area contributed by atoms with Crippen molar-refractivity contribution in [2.45, 2.75) is 18.7 Å². The summed E-state index contributed by atoms with van der Waals surface area (Å²) in [6, 6.07) is 12.5. The van der Waals surface area contributed by atoms with Crippen LogP contribution in [0.5, 0.6) is 5.75 Å². The van der Waals surface area contributed by atoms with Crippen LogP contribution in [-0.4, -0.2) is 19.4 Å². The van der Waals surface area contributed by atoms with E-state index in [4.69, 9.17) is 9.15 Å². The second-order valence-electron chi connectivity index (χ2n) is 4.48. The fourth-order valence-electron chi connectivity index (χ4n) is 2.05. The first-order chi connectivity index (χ1) is 9.83. The highest BCUT2D eigenvalue weighted by molar-refractivity contribution is 7.98. The summed E-state index contributed by atoms with van der Waals surface area (Å²) in [5.74, 6) is 3.83. The van der Waals surface area contributed by atoms with Crippen LogP contribution in [0.25, 0.3) is 0 Å². The third-order valence-electron chi connectivity index (χ3n) is 3.06. The van der Waals surface area contributed by atoms with E-state index in [2.05, 4.69) is 24.4 Å². The molecular weight excluding hydrogens is 270 g/mol. The lowest BCUT2D eigenvalue weighted by atomic mass is 10.1. The molecule has 1 atom stereocenters. The molecule has 1 heterocycles. The predicted molar refractivity (Wildman–Crippen MR) is 84.3 cm³/mol. The van der Waals surface area contributed by atoms with E-state index in [1.54, 1.807) is 13.4 Å². The average Bonchev–Trinajstić information content (AvgIpc) is 3.00. The molecule has 1 unspecified atom stereocenters. The maximum absolute atomic E-state index is 5.36. The molecule has 20 heavy (non-hydrogen) atoms.